The van der Waals surface area contributed by atoms with Crippen molar-refractivity contribution in [3.05, 3.63) is 35.9 Å². The molecule has 1 unspecified atom stereocenters. The van der Waals surface area contributed by atoms with Gasteiger partial charge in [-0.05, 0) is 67.3 Å². The highest BCUT2D eigenvalue weighted by Gasteiger charge is 2.50. The van der Waals surface area contributed by atoms with E-state index in [1.165, 1.54) is 38.5 Å². The molecule has 0 spiro atoms. The van der Waals surface area contributed by atoms with Gasteiger partial charge in [0.25, 0.3) is 0 Å². The Balaban J connectivity index is 1.37. The number of carbonyl (C=O) groups excluding carboxylic acids is 2. The van der Waals surface area contributed by atoms with Gasteiger partial charge in [0.2, 0.25) is 12.3 Å². The smallest absolute Gasteiger partial charge is 0.242 e. The molecule has 4 nitrogen and oxygen atoms in total. The molecule has 25 heavy (non-hydrogen) atoms. The first-order chi connectivity index (χ1) is 12.2. The standard InChI is InChI=1S/C21H28N2O2/c24-14-23-19(9-15-4-2-1-3-5-15)20(25)22-13-21-10-16-6-17(11-21)8-18(7-16)12-21/h1-5,14,16-19H,6-13H2,(H,22,25)(H,23,24). The summed E-state index contributed by atoms with van der Waals surface area (Å²) in [4.78, 5) is 23.6. The normalized spacial score (nSPS) is 33.7. The summed E-state index contributed by atoms with van der Waals surface area (Å²) in [5.74, 6) is 2.61. The van der Waals surface area contributed by atoms with Crippen LogP contribution in [0.25, 0.3) is 0 Å². The van der Waals surface area contributed by atoms with Crippen LogP contribution in [0, 0.1) is 23.2 Å². The van der Waals surface area contributed by atoms with Gasteiger partial charge < -0.3 is 10.6 Å². The van der Waals surface area contributed by atoms with Gasteiger partial charge in [-0.2, -0.15) is 0 Å². The molecule has 0 saturated heterocycles. The molecular formula is C21H28N2O2. The summed E-state index contributed by atoms with van der Waals surface area (Å²) >= 11 is 0. The lowest BCUT2D eigenvalue weighted by Gasteiger charge is -2.57. The summed E-state index contributed by atoms with van der Waals surface area (Å²) in [5, 5.41) is 5.88. The highest BCUT2D eigenvalue weighted by molar-refractivity contribution is 5.84. The van der Waals surface area contributed by atoms with Crippen molar-refractivity contribution >= 4 is 12.3 Å². The molecule has 5 rings (SSSR count). The molecule has 4 heteroatoms. The van der Waals surface area contributed by atoms with Gasteiger partial charge in [0.15, 0.2) is 0 Å². The molecule has 1 atom stereocenters. The molecular weight excluding hydrogens is 312 g/mol. The van der Waals surface area contributed by atoms with Crippen molar-refractivity contribution in [1.29, 1.82) is 0 Å². The van der Waals surface area contributed by atoms with Crippen LogP contribution in [0.1, 0.15) is 44.1 Å². The Kier molecular flexibility index (Phi) is 4.53. The first-order valence-electron chi connectivity index (χ1n) is 9.67. The lowest BCUT2D eigenvalue weighted by atomic mass is 9.49. The Hall–Kier alpha value is -1.84. The lowest BCUT2D eigenvalue weighted by molar-refractivity contribution is -0.127. The third kappa shape index (κ3) is 3.58. The molecule has 0 heterocycles. The van der Waals surface area contributed by atoms with Crippen LogP contribution >= 0.6 is 0 Å². The van der Waals surface area contributed by atoms with Crippen molar-refractivity contribution < 1.29 is 9.59 Å². The maximum Gasteiger partial charge on any atom is 0.242 e. The Morgan fingerprint density at radius 3 is 2.24 bits per heavy atom. The summed E-state index contributed by atoms with van der Waals surface area (Å²) in [6, 6.07) is 9.37. The highest BCUT2D eigenvalue weighted by Crippen LogP contribution is 2.59. The zero-order valence-corrected chi connectivity index (χ0v) is 14.7. The molecule has 1 aromatic carbocycles. The van der Waals surface area contributed by atoms with Crippen LogP contribution in [0.2, 0.25) is 0 Å². The van der Waals surface area contributed by atoms with Gasteiger partial charge in [0.1, 0.15) is 6.04 Å². The topological polar surface area (TPSA) is 58.2 Å². The predicted molar refractivity (Wildman–Crippen MR) is 96.7 cm³/mol. The molecule has 0 aliphatic heterocycles. The first kappa shape index (κ1) is 16.6. The van der Waals surface area contributed by atoms with Crippen LogP contribution in [-0.4, -0.2) is 24.9 Å². The van der Waals surface area contributed by atoms with Gasteiger partial charge in [0, 0.05) is 13.0 Å². The number of rotatable bonds is 7. The maximum absolute atomic E-state index is 12.7. The van der Waals surface area contributed by atoms with Crippen LogP contribution in [0.5, 0.6) is 0 Å². The van der Waals surface area contributed by atoms with Crippen molar-refractivity contribution in [1.82, 2.24) is 10.6 Å². The van der Waals surface area contributed by atoms with E-state index in [-0.39, 0.29) is 5.91 Å². The van der Waals surface area contributed by atoms with E-state index in [0.29, 0.717) is 18.2 Å². The zero-order chi connectivity index (χ0) is 17.3. The Bertz CT molecular complexity index is 593. The molecule has 1 aromatic rings. The van der Waals surface area contributed by atoms with E-state index >= 15 is 0 Å². The van der Waals surface area contributed by atoms with Crippen molar-refractivity contribution in [2.24, 2.45) is 23.2 Å². The second kappa shape index (κ2) is 6.81. The molecule has 4 aliphatic rings. The molecule has 4 aliphatic carbocycles. The summed E-state index contributed by atoms with van der Waals surface area (Å²) in [6.07, 6.45) is 9.25. The summed E-state index contributed by atoms with van der Waals surface area (Å²) in [5.41, 5.74) is 1.38. The number of nitrogens with one attached hydrogen (secondary N) is 2. The Morgan fingerprint density at radius 2 is 1.68 bits per heavy atom. The fourth-order valence-corrected chi connectivity index (χ4v) is 6.06. The minimum atomic E-state index is -0.492. The van der Waals surface area contributed by atoms with Crippen molar-refractivity contribution in [3.8, 4) is 0 Å². The first-order valence-corrected chi connectivity index (χ1v) is 9.67. The SMILES string of the molecule is O=CNC(Cc1ccccc1)C(=O)NCC12CC3CC(CC(C3)C1)C2. The minimum absolute atomic E-state index is 0.0494. The molecule has 4 saturated carbocycles. The van der Waals surface area contributed by atoms with Crippen molar-refractivity contribution in [2.75, 3.05) is 6.54 Å². The van der Waals surface area contributed by atoms with Gasteiger partial charge in [-0.25, -0.2) is 0 Å². The van der Waals surface area contributed by atoms with E-state index in [1.54, 1.807) is 0 Å². The molecule has 2 amide bonds. The van der Waals surface area contributed by atoms with Gasteiger partial charge in [-0.1, -0.05) is 30.3 Å². The monoisotopic (exact) mass is 340 g/mol. The molecule has 4 fully saturated rings. The van der Waals surface area contributed by atoms with E-state index in [2.05, 4.69) is 10.6 Å². The fraction of sp³-hybridized carbons (Fsp3) is 0.619. The number of hydrogen-bond acceptors (Lipinski definition) is 2. The molecule has 2 N–H and O–H groups in total. The fourth-order valence-electron chi connectivity index (χ4n) is 6.06. The lowest BCUT2D eigenvalue weighted by Crippen LogP contribution is -2.53. The van der Waals surface area contributed by atoms with Crippen molar-refractivity contribution in [3.63, 3.8) is 0 Å². The maximum atomic E-state index is 12.7. The van der Waals surface area contributed by atoms with E-state index in [0.717, 1.165) is 29.9 Å². The molecule has 0 radical (unpaired) electrons. The number of benzene rings is 1. The summed E-state index contributed by atoms with van der Waals surface area (Å²) in [6.45, 7) is 0.779. The van der Waals surface area contributed by atoms with E-state index in [4.69, 9.17) is 0 Å². The Morgan fingerprint density at radius 1 is 1.08 bits per heavy atom. The van der Waals surface area contributed by atoms with Crippen LogP contribution in [0.3, 0.4) is 0 Å². The highest BCUT2D eigenvalue weighted by atomic mass is 16.2. The average Bonchev–Trinajstić information content (AvgIpc) is 2.59. The second-order valence-corrected chi connectivity index (χ2v) is 8.66. The molecule has 0 aromatic heterocycles. The van der Waals surface area contributed by atoms with Gasteiger partial charge >= 0.3 is 0 Å². The zero-order valence-electron chi connectivity index (χ0n) is 14.7. The number of amides is 2. The molecule has 134 valence electrons. The molecule has 4 bridgehead atoms. The van der Waals surface area contributed by atoms with Crippen LogP contribution in [0.4, 0.5) is 0 Å². The average molecular weight is 340 g/mol. The quantitative estimate of drug-likeness (QED) is 0.750. The number of hydrogen-bond donors (Lipinski definition) is 2. The van der Waals surface area contributed by atoms with Gasteiger partial charge in [-0.15, -0.1) is 0 Å². The van der Waals surface area contributed by atoms with Crippen molar-refractivity contribution in [2.45, 2.75) is 51.0 Å². The minimum Gasteiger partial charge on any atom is -0.354 e. The van der Waals surface area contributed by atoms with Crippen LogP contribution < -0.4 is 10.6 Å². The number of carbonyl (C=O) groups is 2. The van der Waals surface area contributed by atoms with Gasteiger partial charge in [0.05, 0.1) is 0 Å². The van der Waals surface area contributed by atoms with E-state index in [1.807, 2.05) is 30.3 Å². The van der Waals surface area contributed by atoms with Crippen LogP contribution in [-0.2, 0) is 16.0 Å². The van der Waals surface area contributed by atoms with E-state index < -0.39 is 6.04 Å². The van der Waals surface area contributed by atoms with Crippen LogP contribution in [0.15, 0.2) is 30.3 Å². The largest absolute Gasteiger partial charge is 0.354 e. The second-order valence-electron chi connectivity index (χ2n) is 8.66. The van der Waals surface area contributed by atoms with E-state index in [9.17, 15) is 9.59 Å². The Labute approximate surface area is 149 Å². The predicted octanol–water partition coefficient (Wildman–Crippen LogP) is 2.68. The summed E-state index contributed by atoms with van der Waals surface area (Å²) in [7, 11) is 0. The third-order valence-electron chi connectivity index (χ3n) is 6.67. The van der Waals surface area contributed by atoms with Gasteiger partial charge in [-0.3, -0.25) is 9.59 Å². The third-order valence-corrected chi connectivity index (χ3v) is 6.67. The summed E-state index contributed by atoms with van der Waals surface area (Å²) < 4.78 is 0.